The van der Waals surface area contributed by atoms with Gasteiger partial charge in [0.05, 0.1) is 11.8 Å². The van der Waals surface area contributed by atoms with E-state index in [1.807, 2.05) is 36.1 Å². The molecule has 0 aromatic carbocycles. The first-order valence-electron chi connectivity index (χ1n) is 7.15. The number of carbonyl (C=O) groups is 1. The first-order valence-corrected chi connectivity index (χ1v) is 7.15. The number of carbonyl (C=O) groups excluding carboxylic acids is 1. The van der Waals surface area contributed by atoms with E-state index in [0.29, 0.717) is 18.7 Å². The number of aryl methyl sites for hydroxylation is 1. The number of hydrogen-bond donors (Lipinski definition) is 1. The van der Waals surface area contributed by atoms with Crippen LogP contribution in [0.4, 0.5) is 0 Å². The zero-order valence-corrected chi connectivity index (χ0v) is 12.4. The summed E-state index contributed by atoms with van der Waals surface area (Å²) in [7, 11) is 1.82. The topological polar surface area (TPSA) is 63.3 Å². The minimum atomic E-state index is -0.802. The Hall–Kier alpha value is -2.08. The predicted molar refractivity (Wildman–Crippen MR) is 78.3 cm³/mol. The van der Waals surface area contributed by atoms with E-state index < -0.39 is 5.60 Å². The number of aliphatic hydroxyl groups is 1. The van der Waals surface area contributed by atoms with Crippen LogP contribution in [0.3, 0.4) is 0 Å². The van der Waals surface area contributed by atoms with Crippen molar-refractivity contribution in [2.45, 2.75) is 25.4 Å². The molecule has 0 saturated carbocycles. The monoisotopic (exact) mass is 288 g/mol. The molecular formula is C15H20N4O2. The third kappa shape index (κ3) is 2.58. The maximum atomic E-state index is 12.8. The van der Waals surface area contributed by atoms with E-state index in [4.69, 9.17) is 0 Å². The molecule has 112 valence electrons. The Morgan fingerprint density at radius 2 is 2.10 bits per heavy atom. The SMILES string of the molecule is Cn1ncc(C(=O)N2CCCC(C)(O)C2)c1-n1cccc1. The van der Waals surface area contributed by atoms with Gasteiger partial charge in [0.15, 0.2) is 0 Å². The molecule has 0 radical (unpaired) electrons. The Kier molecular flexibility index (Phi) is 3.33. The quantitative estimate of drug-likeness (QED) is 0.903. The normalized spacial score (nSPS) is 22.5. The third-order valence-electron chi connectivity index (χ3n) is 3.95. The lowest BCUT2D eigenvalue weighted by Crippen LogP contribution is -2.48. The van der Waals surface area contributed by atoms with Crippen LogP contribution in [0, 0.1) is 0 Å². The van der Waals surface area contributed by atoms with Gasteiger partial charge in [-0.25, -0.2) is 0 Å². The van der Waals surface area contributed by atoms with Gasteiger partial charge in [-0.3, -0.25) is 9.48 Å². The second kappa shape index (κ2) is 5.04. The highest BCUT2D eigenvalue weighted by molar-refractivity contribution is 5.97. The van der Waals surface area contributed by atoms with Gasteiger partial charge in [-0.2, -0.15) is 5.10 Å². The van der Waals surface area contributed by atoms with Crippen LogP contribution in [-0.4, -0.2) is 49.0 Å². The first kappa shape index (κ1) is 13.9. The number of likely N-dealkylation sites (tertiary alicyclic amines) is 1. The Balaban J connectivity index is 1.92. The Morgan fingerprint density at radius 1 is 1.38 bits per heavy atom. The van der Waals surface area contributed by atoms with Crippen LogP contribution in [0.1, 0.15) is 30.1 Å². The molecule has 6 nitrogen and oxygen atoms in total. The van der Waals surface area contributed by atoms with Crippen molar-refractivity contribution in [1.29, 1.82) is 0 Å². The molecule has 1 N–H and O–H groups in total. The second-order valence-electron chi connectivity index (χ2n) is 5.92. The molecule has 1 saturated heterocycles. The number of amides is 1. The highest BCUT2D eigenvalue weighted by Crippen LogP contribution is 2.23. The summed E-state index contributed by atoms with van der Waals surface area (Å²) < 4.78 is 3.57. The molecule has 1 fully saturated rings. The van der Waals surface area contributed by atoms with Crippen molar-refractivity contribution in [2.24, 2.45) is 7.05 Å². The smallest absolute Gasteiger partial charge is 0.259 e. The minimum Gasteiger partial charge on any atom is -0.388 e. The lowest BCUT2D eigenvalue weighted by molar-refractivity contribution is -0.0107. The van der Waals surface area contributed by atoms with E-state index >= 15 is 0 Å². The number of nitrogens with zero attached hydrogens (tertiary/aromatic N) is 4. The molecule has 3 rings (SSSR count). The summed E-state index contributed by atoms with van der Waals surface area (Å²) in [5, 5.41) is 14.4. The molecule has 1 aliphatic rings. The maximum absolute atomic E-state index is 12.8. The van der Waals surface area contributed by atoms with Crippen LogP contribution < -0.4 is 0 Å². The largest absolute Gasteiger partial charge is 0.388 e. The lowest BCUT2D eigenvalue weighted by atomic mass is 9.95. The molecule has 2 aromatic rings. The summed E-state index contributed by atoms with van der Waals surface area (Å²) in [6.45, 7) is 2.82. The highest BCUT2D eigenvalue weighted by atomic mass is 16.3. The van der Waals surface area contributed by atoms with Gasteiger partial charge in [0, 0.05) is 32.5 Å². The number of β-amino-alcohol motifs (C(OH)–C–C–N with tert-alkyl or cyclic N) is 1. The second-order valence-corrected chi connectivity index (χ2v) is 5.92. The lowest BCUT2D eigenvalue weighted by Gasteiger charge is -2.36. The third-order valence-corrected chi connectivity index (χ3v) is 3.95. The summed E-state index contributed by atoms with van der Waals surface area (Å²) in [6, 6.07) is 3.82. The van der Waals surface area contributed by atoms with Gasteiger partial charge >= 0.3 is 0 Å². The van der Waals surface area contributed by atoms with E-state index in [2.05, 4.69) is 5.10 Å². The van der Waals surface area contributed by atoms with Crippen molar-refractivity contribution in [3.63, 3.8) is 0 Å². The number of aromatic nitrogens is 3. The predicted octanol–water partition coefficient (Wildman–Crippen LogP) is 1.20. The molecule has 3 heterocycles. The molecule has 1 aliphatic heterocycles. The average Bonchev–Trinajstić information content (AvgIpc) is 3.05. The van der Waals surface area contributed by atoms with Gasteiger partial charge < -0.3 is 14.6 Å². The Morgan fingerprint density at radius 3 is 2.76 bits per heavy atom. The minimum absolute atomic E-state index is 0.0771. The van der Waals surface area contributed by atoms with Crippen LogP contribution in [0.25, 0.3) is 5.82 Å². The fourth-order valence-corrected chi connectivity index (χ4v) is 2.93. The molecule has 0 spiro atoms. The first-order chi connectivity index (χ1) is 9.98. The Labute approximate surface area is 123 Å². The Bertz CT molecular complexity index is 643. The number of hydrogen-bond acceptors (Lipinski definition) is 3. The summed E-state index contributed by atoms with van der Waals surface area (Å²) in [4.78, 5) is 14.5. The van der Waals surface area contributed by atoms with Crippen LogP contribution in [-0.2, 0) is 7.05 Å². The van der Waals surface area contributed by atoms with Crippen molar-refractivity contribution < 1.29 is 9.90 Å². The van der Waals surface area contributed by atoms with Crippen LogP contribution in [0.2, 0.25) is 0 Å². The summed E-state index contributed by atoms with van der Waals surface area (Å²) in [6.07, 6.45) is 6.92. The van der Waals surface area contributed by atoms with Crippen molar-refractivity contribution in [2.75, 3.05) is 13.1 Å². The molecule has 1 atom stereocenters. The summed E-state index contributed by atoms with van der Waals surface area (Å²) >= 11 is 0. The summed E-state index contributed by atoms with van der Waals surface area (Å²) in [5.74, 6) is 0.669. The fraction of sp³-hybridized carbons (Fsp3) is 0.467. The molecule has 1 unspecified atom stereocenters. The van der Waals surface area contributed by atoms with Crippen molar-refractivity contribution >= 4 is 5.91 Å². The summed E-state index contributed by atoms with van der Waals surface area (Å²) in [5.41, 5.74) is -0.240. The number of piperidine rings is 1. The van der Waals surface area contributed by atoms with Crippen molar-refractivity contribution in [3.05, 3.63) is 36.3 Å². The molecular weight excluding hydrogens is 268 g/mol. The standard InChI is InChI=1S/C15H20N4O2/c1-15(21)6-5-9-19(11-15)14(20)12-10-16-17(2)13(12)18-7-3-4-8-18/h3-4,7-8,10,21H,5-6,9,11H2,1-2H3. The highest BCUT2D eigenvalue weighted by Gasteiger charge is 2.33. The van der Waals surface area contributed by atoms with E-state index in [1.54, 1.807) is 22.7 Å². The molecule has 2 aromatic heterocycles. The van der Waals surface area contributed by atoms with Crippen molar-refractivity contribution in [3.8, 4) is 5.82 Å². The molecule has 6 heteroatoms. The van der Waals surface area contributed by atoms with Gasteiger partial charge in [0.25, 0.3) is 5.91 Å². The van der Waals surface area contributed by atoms with Crippen LogP contribution in [0.5, 0.6) is 0 Å². The molecule has 0 aliphatic carbocycles. The van der Waals surface area contributed by atoms with Gasteiger partial charge in [-0.05, 0) is 31.9 Å². The molecule has 1 amide bonds. The molecule has 0 bridgehead atoms. The zero-order valence-electron chi connectivity index (χ0n) is 12.4. The molecule has 21 heavy (non-hydrogen) atoms. The van der Waals surface area contributed by atoms with E-state index in [-0.39, 0.29) is 5.91 Å². The van der Waals surface area contributed by atoms with E-state index in [9.17, 15) is 9.90 Å². The van der Waals surface area contributed by atoms with Gasteiger partial charge in [0.1, 0.15) is 11.4 Å². The van der Waals surface area contributed by atoms with Gasteiger partial charge in [-0.15, -0.1) is 0 Å². The van der Waals surface area contributed by atoms with Gasteiger partial charge in [0.2, 0.25) is 0 Å². The maximum Gasteiger partial charge on any atom is 0.259 e. The van der Waals surface area contributed by atoms with Gasteiger partial charge in [-0.1, -0.05) is 0 Å². The fourth-order valence-electron chi connectivity index (χ4n) is 2.93. The van der Waals surface area contributed by atoms with Crippen molar-refractivity contribution in [1.82, 2.24) is 19.2 Å². The zero-order chi connectivity index (χ0) is 15.0. The average molecular weight is 288 g/mol. The van der Waals surface area contributed by atoms with Crippen LogP contribution in [0.15, 0.2) is 30.7 Å². The van der Waals surface area contributed by atoms with Crippen LogP contribution >= 0.6 is 0 Å². The van der Waals surface area contributed by atoms with E-state index in [0.717, 1.165) is 18.7 Å². The van der Waals surface area contributed by atoms with E-state index in [1.165, 1.54) is 0 Å². The number of rotatable bonds is 2.